The molecule has 9 heteroatoms. The fourth-order valence-corrected chi connectivity index (χ4v) is 4.07. The molecule has 3 aromatic heterocycles. The predicted molar refractivity (Wildman–Crippen MR) is 114 cm³/mol. The molecule has 0 saturated carbocycles. The van der Waals surface area contributed by atoms with E-state index in [9.17, 15) is 4.79 Å². The molecular weight excluding hydrogens is 402 g/mol. The summed E-state index contributed by atoms with van der Waals surface area (Å²) >= 11 is 1.57. The van der Waals surface area contributed by atoms with Crippen LogP contribution in [0.15, 0.2) is 39.6 Å². The Morgan fingerprint density at radius 3 is 2.77 bits per heavy atom. The Labute approximate surface area is 179 Å². The third-order valence-electron chi connectivity index (χ3n) is 4.84. The third kappa shape index (κ3) is 5.22. The van der Waals surface area contributed by atoms with Crippen LogP contribution in [0.4, 0.5) is 5.82 Å². The maximum atomic E-state index is 12.2. The summed E-state index contributed by atoms with van der Waals surface area (Å²) in [6.07, 6.45) is 2.89. The Kier molecular flexibility index (Phi) is 6.39. The van der Waals surface area contributed by atoms with E-state index in [1.54, 1.807) is 11.3 Å². The highest BCUT2D eigenvalue weighted by Crippen LogP contribution is 2.21. The number of amides is 1. The minimum atomic E-state index is -0.0646. The van der Waals surface area contributed by atoms with Crippen LogP contribution in [0.3, 0.4) is 0 Å². The number of nitrogens with zero attached hydrogens (tertiary/aromatic N) is 4. The standard InChI is InChI=1S/C21H25N5O3S/c1-14-11-26(12-15(2)28-14)18-4-3-16(9-22-18)10-23-19(27)5-6-20-24-25-21(29-20)17-7-8-30-13-17/h3-4,7-9,13-15H,5-6,10-12H2,1-2H3,(H,23,27)/t14-,15+. The van der Waals surface area contributed by atoms with E-state index in [0.29, 0.717) is 31.2 Å². The van der Waals surface area contributed by atoms with E-state index in [4.69, 9.17) is 9.15 Å². The van der Waals surface area contributed by atoms with Crippen LogP contribution in [0.25, 0.3) is 11.5 Å². The van der Waals surface area contributed by atoms with Crippen molar-refractivity contribution in [2.24, 2.45) is 0 Å². The summed E-state index contributed by atoms with van der Waals surface area (Å²) in [6.45, 7) is 6.24. The van der Waals surface area contributed by atoms with E-state index in [1.165, 1.54) is 0 Å². The van der Waals surface area contributed by atoms with E-state index in [1.807, 2.05) is 35.2 Å². The van der Waals surface area contributed by atoms with Gasteiger partial charge in [-0.1, -0.05) is 6.07 Å². The molecule has 0 aromatic carbocycles. The zero-order valence-corrected chi connectivity index (χ0v) is 17.9. The van der Waals surface area contributed by atoms with Crippen LogP contribution >= 0.6 is 11.3 Å². The maximum absolute atomic E-state index is 12.2. The minimum absolute atomic E-state index is 0.0646. The molecule has 0 spiro atoms. The first-order valence-corrected chi connectivity index (χ1v) is 11.0. The number of morpholine rings is 1. The van der Waals surface area contributed by atoms with Gasteiger partial charge in [0.1, 0.15) is 5.82 Å². The number of hydrogen-bond donors (Lipinski definition) is 1. The van der Waals surface area contributed by atoms with Crippen LogP contribution in [0.2, 0.25) is 0 Å². The number of carbonyl (C=O) groups is 1. The van der Waals surface area contributed by atoms with E-state index in [0.717, 1.165) is 30.0 Å². The predicted octanol–water partition coefficient (Wildman–Crippen LogP) is 3.06. The molecular formula is C21H25N5O3S. The molecule has 8 nitrogen and oxygen atoms in total. The third-order valence-corrected chi connectivity index (χ3v) is 5.53. The second kappa shape index (κ2) is 9.36. The molecule has 0 aliphatic carbocycles. The van der Waals surface area contributed by atoms with E-state index in [2.05, 4.69) is 39.2 Å². The topological polar surface area (TPSA) is 93.4 Å². The van der Waals surface area contributed by atoms with Gasteiger partial charge in [-0.2, -0.15) is 11.3 Å². The second-order valence-corrected chi connectivity index (χ2v) is 8.26. The van der Waals surface area contributed by atoms with Gasteiger partial charge >= 0.3 is 0 Å². The van der Waals surface area contributed by atoms with Crippen molar-refractivity contribution in [2.75, 3.05) is 18.0 Å². The molecule has 0 radical (unpaired) electrons. The minimum Gasteiger partial charge on any atom is -0.421 e. The van der Waals surface area contributed by atoms with Crippen LogP contribution < -0.4 is 10.2 Å². The summed E-state index contributed by atoms with van der Waals surface area (Å²) in [5.41, 5.74) is 1.86. The zero-order valence-electron chi connectivity index (χ0n) is 17.1. The number of rotatable bonds is 7. The Morgan fingerprint density at radius 2 is 2.07 bits per heavy atom. The van der Waals surface area contributed by atoms with Gasteiger partial charge in [-0.05, 0) is 36.9 Å². The molecule has 1 aliphatic rings. The Hall–Kier alpha value is -2.78. The number of carbonyl (C=O) groups excluding carboxylic acids is 1. The molecule has 0 bridgehead atoms. The first kappa shape index (κ1) is 20.5. The highest BCUT2D eigenvalue weighted by Gasteiger charge is 2.23. The number of aryl methyl sites for hydroxylation is 1. The number of nitrogens with one attached hydrogen (secondary N) is 1. The van der Waals surface area contributed by atoms with Crippen LogP contribution in [-0.2, 0) is 22.5 Å². The van der Waals surface area contributed by atoms with Gasteiger partial charge in [0.2, 0.25) is 17.7 Å². The molecule has 0 unspecified atom stereocenters. The highest BCUT2D eigenvalue weighted by atomic mass is 32.1. The molecule has 30 heavy (non-hydrogen) atoms. The maximum Gasteiger partial charge on any atom is 0.248 e. The quantitative estimate of drug-likeness (QED) is 0.619. The monoisotopic (exact) mass is 427 g/mol. The number of ether oxygens (including phenoxy) is 1. The van der Waals surface area contributed by atoms with Gasteiger partial charge < -0.3 is 19.4 Å². The first-order chi connectivity index (χ1) is 14.6. The second-order valence-electron chi connectivity index (χ2n) is 7.48. The molecule has 1 saturated heterocycles. The average molecular weight is 428 g/mol. The number of anilines is 1. The molecule has 1 fully saturated rings. The molecule has 1 aliphatic heterocycles. The van der Waals surface area contributed by atoms with Gasteiger partial charge in [-0.15, -0.1) is 10.2 Å². The highest BCUT2D eigenvalue weighted by molar-refractivity contribution is 7.08. The lowest BCUT2D eigenvalue weighted by Gasteiger charge is -2.36. The molecule has 3 aromatic rings. The van der Waals surface area contributed by atoms with Gasteiger partial charge in [-0.25, -0.2) is 4.98 Å². The molecule has 2 atom stereocenters. The van der Waals surface area contributed by atoms with Crippen molar-refractivity contribution in [3.63, 3.8) is 0 Å². The summed E-state index contributed by atoms with van der Waals surface area (Å²) < 4.78 is 11.4. The van der Waals surface area contributed by atoms with Gasteiger partial charge in [0, 0.05) is 49.6 Å². The smallest absolute Gasteiger partial charge is 0.248 e. The van der Waals surface area contributed by atoms with Gasteiger partial charge in [0.15, 0.2) is 0 Å². The average Bonchev–Trinajstić information content (AvgIpc) is 3.42. The van der Waals surface area contributed by atoms with Crippen molar-refractivity contribution >= 4 is 23.1 Å². The first-order valence-electron chi connectivity index (χ1n) is 10.0. The van der Waals surface area contributed by atoms with Crippen molar-refractivity contribution in [1.29, 1.82) is 0 Å². The lowest BCUT2D eigenvalue weighted by atomic mass is 10.2. The van der Waals surface area contributed by atoms with Crippen molar-refractivity contribution in [1.82, 2.24) is 20.5 Å². The summed E-state index contributed by atoms with van der Waals surface area (Å²) in [5, 5.41) is 14.9. The van der Waals surface area contributed by atoms with Gasteiger partial charge in [-0.3, -0.25) is 4.79 Å². The van der Waals surface area contributed by atoms with Crippen molar-refractivity contribution in [3.05, 3.63) is 46.6 Å². The van der Waals surface area contributed by atoms with Crippen molar-refractivity contribution in [3.8, 4) is 11.5 Å². The van der Waals surface area contributed by atoms with Crippen LogP contribution in [0.5, 0.6) is 0 Å². The number of pyridine rings is 1. The molecule has 4 heterocycles. The van der Waals surface area contributed by atoms with Crippen molar-refractivity contribution < 1.29 is 13.9 Å². The van der Waals surface area contributed by atoms with E-state index in [-0.39, 0.29) is 18.1 Å². The Balaban J connectivity index is 1.23. The van der Waals surface area contributed by atoms with Gasteiger partial charge in [0.25, 0.3) is 0 Å². The van der Waals surface area contributed by atoms with Crippen LogP contribution in [0.1, 0.15) is 31.7 Å². The van der Waals surface area contributed by atoms with Crippen molar-refractivity contribution in [2.45, 2.75) is 45.4 Å². The van der Waals surface area contributed by atoms with Crippen LogP contribution in [0, 0.1) is 0 Å². The fraction of sp³-hybridized carbons (Fsp3) is 0.429. The van der Waals surface area contributed by atoms with Crippen LogP contribution in [-0.4, -0.2) is 46.4 Å². The molecule has 1 amide bonds. The normalized spacial score (nSPS) is 19.1. The Bertz CT molecular complexity index is 947. The number of thiophene rings is 1. The summed E-state index contributed by atoms with van der Waals surface area (Å²) in [4.78, 5) is 19.0. The molecule has 158 valence electrons. The van der Waals surface area contributed by atoms with E-state index >= 15 is 0 Å². The molecule has 4 rings (SSSR count). The summed E-state index contributed by atoms with van der Waals surface area (Å²) in [7, 11) is 0. The fourth-order valence-electron chi connectivity index (χ4n) is 3.44. The lowest BCUT2D eigenvalue weighted by molar-refractivity contribution is -0.121. The van der Waals surface area contributed by atoms with Gasteiger partial charge in [0.05, 0.1) is 12.2 Å². The van der Waals surface area contributed by atoms with E-state index < -0.39 is 0 Å². The number of aromatic nitrogens is 3. The largest absolute Gasteiger partial charge is 0.421 e. The Morgan fingerprint density at radius 1 is 1.23 bits per heavy atom. The summed E-state index contributed by atoms with van der Waals surface area (Å²) in [5.74, 6) is 1.82. The summed E-state index contributed by atoms with van der Waals surface area (Å²) in [6, 6.07) is 5.92. The SMILES string of the molecule is C[C@@H]1CN(c2ccc(CNC(=O)CCc3nnc(-c4ccsc4)o3)cn2)C[C@H](C)O1. The number of hydrogen-bond acceptors (Lipinski definition) is 8. The zero-order chi connectivity index (χ0) is 20.9. The molecule has 1 N–H and O–H groups in total. The lowest BCUT2D eigenvalue weighted by Crippen LogP contribution is -2.45.